The second kappa shape index (κ2) is 8.95. The molecule has 0 aromatic heterocycles. The average Bonchev–Trinajstić information content (AvgIpc) is 2.70. The van der Waals surface area contributed by atoms with Crippen molar-refractivity contribution in [2.75, 3.05) is 6.54 Å². The fraction of sp³-hybridized carbons (Fsp3) is 0.364. The molecular weight excluding hydrogens is 439 g/mol. The Labute approximate surface area is 178 Å². The maximum Gasteiger partial charge on any atom is 0.411 e. The van der Waals surface area contributed by atoms with Crippen LogP contribution in [0.25, 0.3) is 0 Å². The highest BCUT2D eigenvalue weighted by molar-refractivity contribution is 9.10. The minimum Gasteiger partial charge on any atom is -0.438 e. The predicted octanol–water partition coefficient (Wildman–Crippen LogP) is 5.04. The van der Waals surface area contributed by atoms with Gasteiger partial charge in [0.1, 0.15) is 11.4 Å². The zero-order valence-corrected chi connectivity index (χ0v) is 17.8. The van der Waals surface area contributed by atoms with Crippen LogP contribution < -0.4 is 5.73 Å². The maximum absolute atomic E-state index is 13.4. The van der Waals surface area contributed by atoms with Crippen LogP contribution in [0.3, 0.4) is 0 Å². The number of cyclic esters (lactones) is 1. The lowest BCUT2D eigenvalue weighted by Gasteiger charge is -2.44. The van der Waals surface area contributed by atoms with E-state index in [0.29, 0.717) is 18.5 Å². The van der Waals surface area contributed by atoms with E-state index >= 15 is 0 Å². The number of carbonyl (C=O) groups excluding carboxylic acids is 2. The van der Waals surface area contributed by atoms with Gasteiger partial charge in [0.2, 0.25) is 5.91 Å². The quantitative estimate of drug-likeness (QED) is 0.625. The lowest BCUT2D eigenvalue weighted by Crippen LogP contribution is -2.49. The maximum atomic E-state index is 13.4. The third kappa shape index (κ3) is 4.78. The molecule has 2 N–H and O–H groups in total. The van der Waals surface area contributed by atoms with E-state index in [9.17, 15) is 14.0 Å². The van der Waals surface area contributed by atoms with Crippen molar-refractivity contribution in [2.45, 2.75) is 44.2 Å². The van der Waals surface area contributed by atoms with Crippen molar-refractivity contribution in [3.05, 3.63) is 69.9 Å². The largest absolute Gasteiger partial charge is 0.438 e. The first-order valence-electron chi connectivity index (χ1n) is 9.64. The van der Waals surface area contributed by atoms with E-state index in [2.05, 4.69) is 15.9 Å². The van der Waals surface area contributed by atoms with Crippen molar-refractivity contribution < 1.29 is 18.7 Å². The zero-order chi connectivity index (χ0) is 21.0. The lowest BCUT2D eigenvalue weighted by atomic mass is 9.84. The SMILES string of the molecule is CC[C@@H](c1ccc(Br)cc1)N1CC[C@](CCC(N)=O)(c2ccc(F)cc2)OC1=O. The Bertz CT molecular complexity index is 873. The number of primary amides is 1. The van der Waals surface area contributed by atoms with Gasteiger partial charge in [0, 0.05) is 30.3 Å². The number of hydrogen-bond acceptors (Lipinski definition) is 3. The fourth-order valence-electron chi connectivity index (χ4n) is 3.88. The molecule has 2 atom stereocenters. The number of amides is 2. The molecule has 7 heteroatoms. The number of hydrogen-bond donors (Lipinski definition) is 1. The molecule has 2 amide bonds. The van der Waals surface area contributed by atoms with Gasteiger partial charge in [0.25, 0.3) is 0 Å². The van der Waals surface area contributed by atoms with Crippen molar-refractivity contribution in [3.8, 4) is 0 Å². The molecule has 0 bridgehead atoms. The molecule has 1 aliphatic heterocycles. The summed E-state index contributed by atoms with van der Waals surface area (Å²) in [5, 5.41) is 0. The van der Waals surface area contributed by atoms with Crippen LogP contribution in [0.5, 0.6) is 0 Å². The summed E-state index contributed by atoms with van der Waals surface area (Å²) in [4.78, 5) is 26.1. The number of halogens is 2. The van der Waals surface area contributed by atoms with E-state index in [1.807, 2.05) is 31.2 Å². The van der Waals surface area contributed by atoms with Crippen LogP contribution in [0.2, 0.25) is 0 Å². The number of rotatable bonds is 7. The second-order valence-electron chi connectivity index (χ2n) is 7.25. The monoisotopic (exact) mass is 462 g/mol. The molecule has 0 unspecified atom stereocenters. The number of nitrogens with zero attached hydrogens (tertiary/aromatic N) is 1. The van der Waals surface area contributed by atoms with Crippen LogP contribution in [0, 0.1) is 5.82 Å². The highest BCUT2D eigenvalue weighted by Gasteiger charge is 2.44. The van der Waals surface area contributed by atoms with E-state index in [1.54, 1.807) is 17.0 Å². The van der Waals surface area contributed by atoms with Gasteiger partial charge in [-0.05, 0) is 41.8 Å². The molecule has 1 heterocycles. The summed E-state index contributed by atoms with van der Waals surface area (Å²) in [5.41, 5.74) is 6.04. The van der Waals surface area contributed by atoms with Gasteiger partial charge in [0.15, 0.2) is 0 Å². The summed E-state index contributed by atoms with van der Waals surface area (Å²) >= 11 is 3.43. The number of carbonyl (C=O) groups is 2. The molecule has 2 aromatic rings. The van der Waals surface area contributed by atoms with Gasteiger partial charge >= 0.3 is 6.09 Å². The van der Waals surface area contributed by atoms with Crippen molar-refractivity contribution >= 4 is 27.9 Å². The third-order valence-corrected chi connectivity index (χ3v) is 5.97. The Morgan fingerprint density at radius 3 is 2.45 bits per heavy atom. The summed E-state index contributed by atoms with van der Waals surface area (Å²) in [6.45, 7) is 2.48. The van der Waals surface area contributed by atoms with Gasteiger partial charge in [-0.3, -0.25) is 4.79 Å². The van der Waals surface area contributed by atoms with Crippen molar-refractivity contribution in [1.82, 2.24) is 4.90 Å². The van der Waals surface area contributed by atoms with Gasteiger partial charge in [-0.15, -0.1) is 0 Å². The smallest absolute Gasteiger partial charge is 0.411 e. The summed E-state index contributed by atoms with van der Waals surface area (Å²) in [6, 6.07) is 13.6. The molecule has 0 aliphatic carbocycles. The number of benzene rings is 2. The Morgan fingerprint density at radius 2 is 1.90 bits per heavy atom. The van der Waals surface area contributed by atoms with Crippen molar-refractivity contribution in [2.24, 2.45) is 5.73 Å². The molecule has 29 heavy (non-hydrogen) atoms. The third-order valence-electron chi connectivity index (χ3n) is 5.44. The standard InChI is InChI=1S/C22H24BrFN2O3/c1-2-19(15-3-7-17(23)8-4-15)26-14-13-22(29-21(26)28,12-11-20(25)27)16-5-9-18(24)10-6-16/h3-10,19H,2,11-14H2,1H3,(H2,25,27)/t19-,22+/m0/s1. The van der Waals surface area contributed by atoms with Crippen LogP contribution in [-0.4, -0.2) is 23.4 Å². The normalized spacial score (nSPS) is 20.2. The molecular formula is C22H24BrFN2O3. The Hall–Kier alpha value is -2.41. The predicted molar refractivity (Wildman–Crippen MR) is 111 cm³/mol. The molecule has 3 rings (SSSR count). The summed E-state index contributed by atoms with van der Waals surface area (Å²) in [5.74, 6) is -0.838. The molecule has 2 aromatic carbocycles. The van der Waals surface area contributed by atoms with Crippen LogP contribution in [-0.2, 0) is 15.1 Å². The average molecular weight is 463 g/mol. The summed E-state index contributed by atoms with van der Waals surface area (Å²) < 4.78 is 20.3. The van der Waals surface area contributed by atoms with Crippen LogP contribution in [0.4, 0.5) is 9.18 Å². The van der Waals surface area contributed by atoms with E-state index in [1.165, 1.54) is 12.1 Å². The van der Waals surface area contributed by atoms with Crippen LogP contribution >= 0.6 is 15.9 Å². The minimum absolute atomic E-state index is 0.0780. The highest BCUT2D eigenvalue weighted by atomic mass is 79.9. The number of ether oxygens (including phenoxy) is 1. The summed E-state index contributed by atoms with van der Waals surface area (Å²) in [7, 11) is 0. The second-order valence-corrected chi connectivity index (χ2v) is 8.17. The fourth-order valence-corrected chi connectivity index (χ4v) is 4.14. The molecule has 1 fully saturated rings. The molecule has 0 radical (unpaired) electrons. The molecule has 1 saturated heterocycles. The highest BCUT2D eigenvalue weighted by Crippen LogP contribution is 2.41. The molecule has 154 valence electrons. The van der Waals surface area contributed by atoms with E-state index < -0.39 is 17.6 Å². The minimum atomic E-state index is -0.992. The lowest BCUT2D eigenvalue weighted by molar-refractivity contribution is -0.121. The Balaban J connectivity index is 1.86. The van der Waals surface area contributed by atoms with Gasteiger partial charge in [0.05, 0.1) is 6.04 Å². The van der Waals surface area contributed by atoms with Crippen LogP contribution in [0.1, 0.15) is 49.8 Å². The van der Waals surface area contributed by atoms with E-state index in [0.717, 1.165) is 16.5 Å². The van der Waals surface area contributed by atoms with Gasteiger partial charge in [-0.2, -0.15) is 0 Å². The van der Waals surface area contributed by atoms with Gasteiger partial charge < -0.3 is 15.4 Å². The first-order chi connectivity index (χ1) is 13.8. The number of nitrogens with two attached hydrogens (primary N) is 1. The Kier molecular flexibility index (Phi) is 6.57. The van der Waals surface area contributed by atoms with E-state index in [4.69, 9.17) is 10.5 Å². The molecule has 0 saturated carbocycles. The Morgan fingerprint density at radius 1 is 1.24 bits per heavy atom. The van der Waals surface area contributed by atoms with Crippen LogP contribution in [0.15, 0.2) is 53.0 Å². The molecule has 1 aliphatic rings. The van der Waals surface area contributed by atoms with Crippen molar-refractivity contribution in [3.63, 3.8) is 0 Å². The molecule has 5 nitrogen and oxygen atoms in total. The van der Waals surface area contributed by atoms with Crippen molar-refractivity contribution in [1.29, 1.82) is 0 Å². The van der Waals surface area contributed by atoms with E-state index in [-0.39, 0.29) is 24.7 Å². The van der Waals surface area contributed by atoms with Gasteiger partial charge in [-0.1, -0.05) is 47.1 Å². The first kappa shape index (κ1) is 21.3. The molecule has 0 spiro atoms. The van der Waals surface area contributed by atoms with Gasteiger partial charge in [-0.25, -0.2) is 9.18 Å². The summed E-state index contributed by atoms with van der Waals surface area (Å²) in [6.07, 6.45) is 1.13. The first-order valence-corrected chi connectivity index (χ1v) is 10.4. The zero-order valence-electron chi connectivity index (χ0n) is 16.2. The topological polar surface area (TPSA) is 72.6 Å².